The SMILES string of the molecule is CCCc1nc2c(C)cc(N(C(N)=NC#N)C(C)C)cc2n1Cc1ccc(-c2ccccc2-c2nn[nH]n2)cc1. The zero-order valence-corrected chi connectivity index (χ0v) is 23.1. The van der Waals surface area contributed by atoms with Gasteiger partial charge in [-0.3, -0.25) is 0 Å². The first-order chi connectivity index (χ1) is 19.4. The van der Waals surface area contributed by atoms with Crippen molar-refractivity contribution in [3.8, 4) is 28.7 Å². The van der Waals surface area contributed by atoms with Gasteiger partial charge in [-0.25, -0.2) is 4.98 Å². The van der Waals surface area contributed by atoms with Crippen LogP contribution in [0.5, 0.6) is 0 Å². The van der Waals surface area contributed by atoms with Gasteiger partial charge in [0.2, 0.25) is 18.0 Å². The van der Waals surface area contributed by atoms with E-state index in [9.17, 15) is 0 Å². The number of nitrogens with one attached hydrogen (secondary N) is 1. The van der Waals surface area contributed by atoms with E-state index in [-0.39, 0.29) is 12.0 Å². The number of imidazole rings is 1. The Hall–Kier alpha value is -5.04. The second-order valence-corrected chi connectivity index (χ2v) is 10.0. The number of benzene rings is 3. The van der Waals surface area contributed by atoms with Crippen LogP contribution in [0.25, 0.3) is 33.5 Å². The first-order valence-corrected chi connectivity index (χ1v) is 13.3. The molecule has 5 rings (SSSR count). The Balaban J connectivity index is 1.54. The summed E-state index contributed by atoms with van der Waals surface area (Å²) in [5.41, 5.74) is 14.3. The molecule has 0 spiro atoms. The Morgan fingerprint density at radius 3 is 2.52 bits per heavy atom. The van der Waals surface area contributed by atoms with Gasteiger partial charge >= 0.3 is 0 Å². The minimum Gasteiger partial charge on any atom is -0.369 e. The molecule has 0 amide bonds. The Labute approximate surface area is 233 Å². The number of guanidine groups is 1. The van der Waals surface area contributed by atoms with Crippen molar-refractivity contribution in [2.45, 2.75) is 53.1 Å². The molecule has 0 aliphatic rings. The van der Waals surface area contributed by atoms with Crippen LogP contribution in [0.3, 0.4) is 0 Å². The highest BCUT2D eigenvalue weighted by molar-refractivity contribution is 5.98. The van der Waals surface area contributed by atoms with Crippen molar-refractivity contribution in [3.05, 3.63) is 77.6 Å². The molecule has 10 nitrogen and oxygen atoms in total. The summed E-state index contributed by atoms with van der Waals surface area (Å²) in [6.07, 6.45) is 3.66. The Morgan fingerprint density at radius 2 is 1.88 bits per heavy atom. The highest BCUT2D eigenvalue weighted by Crippen LogP contribution is 2.31. The molecule has 0 bridgehead atoms. The molecule has 0 fully saturated rings. The molecular formula is C30H32N10. The van der Waals surface area contributed by atoms with Gasteiger partial charge in [0.15, 0.2) is 0 Å². The highest BCUT2D eigenvalue weighted by atomic mass is 15.5. The Kier molecular flexibility index (Phi) is 7.55. The number of nitrogens with two attached hydrogens (primary N) is 1. The summed E-state index contributed by atoms with van der Waals surface area (Å²) in [6.45, 7) is 8.95. The molecule has 2 aromatic heterocycles. The zero-order chi connectivity index (χ0) is 28.2. The van der Waals surface area contributed by atoms with Gasteiger partial charge in [0.25, 0.3) is 0 Å². The van der Waals surface area contributed by atoms with Crippen LogP contribution >= 0.6 is 0 Å². The largest absolute Gasteiger partial charge is 0.369 e. The summed E-state index contributed by atoms with van der Waals surface area (Å²) in [4.78, 5) is 10.7. The monoisotopic (exact) mass is 532 g/mol. The lowest BCUT2D eigenvalue weighted by atomic mass is 9.98. The molecule has 5 aromatic rings. The number of tetrazole rings is 1. The lowest BCUT2D eigenvalue weighted by Crippen LogP contribution is -2.42. The average Bonchev–Trinajstić information content (AvgIpc) is 3.59. The van der Waals surface area contributed by atoms with Gasteiger partial charge in [-0.2, -0.15) is 10.5 Å². The van der Waals surface area contributed by atoms with Gasteiger partial charge in [0.1, 0.15) is 5.82 Å². The van der Waals surface area contributed by atoms with Crippen molar-refractivity contribution < 1.29 is 0 Å². The van der Waals surface area contributed by atoms with Crippen LogP contribution in [0.15, 0.2) is 65.7 Å². The smallest absolute Gasteiger partial charge is 0.212 e. The summed E-state index contributed by atoms with van der Waals surface area (Å²) in [5, 5.41) is 23.7. The first kappa shape index (κ1) is 26.6. The molecule has 0 radical (unpaired) electrons. The van der Waals surface area contributed by atoms with Crippen LogP contribution in [0, 0.1) is 18.4 Å². The van der Waals surface area contributed by atoms with E-state index in [0.717, 1.165) is 63.2 Å². The fraction of sp³-hybridized carbons (Fsp3) is 0.267. The molecule has 40 heavy (non-hydrogen) atoms. The fourth-order valence-corrected chi connectivity index (χ4v) is 5.13. The number of anilines is 1. The van der Waals surface area contributed by atoms with Crippen molar-refractivity contribution in [2.75, 3.05) is 4.90 Å². The van der Waals surface area contributed by atoms with Gasteiger partial charge in [0.05, 0.1) is 11.0 Å². The third-order valence-electron chi connectivity index (χ3n) is 6.91. The maximum atomic E-state index is 9.10. The van der Waals surface area contributed by atoms with Crippen molar-refractivity contribution >= 4 is 22.7 Å². The molecule has 2 heterocycles. The summed E-state index contributed by atoms with van der Waals surface area (Å²) in [7, 11) is 0. The predicted octanol–water partition coefficient (Wildman–Crippen LogP) is 5.20. The molecule has 0 saturated carbocycles. The number of hydrogen-bond donors (Lipinski definition) is 2. The van der Waals surface area contributed by atoms with Gasteiger partial charge in [-0.05, 0) is 66.8 Å². The van der Waals surface area contributed by atoms with Crippen molar-refractivity contribution in [1.29, 1.82) is 5.26 Å². The summed E-state index contributed by atoms with van der Waals surface area (Å²) >= 11 is 0. The molecule has 10 heteroatoms. The van der Waals surface area contributed by atoms with Crippen LogP contribution in [0.4, 0.5) is 5.69 Å². The van der Waals surface area contributed by atoms with E-state index in [1.165, 1.54) is 0 Å². The molecule has 202 valence electrons. The summed E-state index contributed by atoms with van der Waals surface area (Å²) in [6, 6.07) is 20.8. The van der Waals surface area contributed by atoms with Crippen LogP contribution < -0.4 is 10.6 Å². The number of aromatic nitrogens is 6. The molecule has 3 N–H and O–H groups in total. The third-order valence-corrected chi connectivity index (χ3v) is 6.91. The van der Waals surface area contributed by atoms with E-state index >= 15 is 0 Å². The maximum absolute atomic E-state index is 9.10. The maximum Gasteiger partial charge on any atom is 0.212 e. The number of aryl methyl sites for hydroxylation is 2. The molecule has 0 unspecified atom stereocenters. The summed E-state index contributed by atoms with van der Waals surface area (Å²) < 4.78 is 2.29. The van der Waals surface area contributed by atoms with Crippen molar-refractivity contribution in [1.82, 2.24) is 30.2 Å². The standard InChI is InChI=1S/C30H32N10/c1-5-8-27-34-28-20(4)15-23(40(19(2)3)30(32)33-18-31)16-26(28)39(27)17-21-11-13-22(14-12-21)24-9-6-7-10-25(24)29-35-37-38-36-29/h6-7,9-16,19H,5,8,17H2,1-4H3,(H2,32,33)(H,35,36,37,38). The van der Waals surface area contributed by atoms with Gasteiger partial charge in [0, 0.05) is 30.3 Å². The number of nitrogens with zero attached hydrogens (tertiary/aromatic N) is 8. The van der Waals surface area contributed by atoms with E-state index in [1.54, 1.807) is 0 Å². The minimum atomic E-state index is 0.0169. The second kappa shape index (κ2) is 11.4. The quantitative estimate of drug-likeness (QED) is 0.159. The number of H-pyrrole nitrogens is 1. The lowest BCUT2D eigenvalue weighted by molar-refractivity contribution is 0.721. The van der Waals surface area contributed by atoms with Crippen LogP contribution in [0.1, 0.15) is 44.1 Å². The number of rotatable bonds is 8. The first-order valence-electron chi connectivity index (χ1n) is 13.3. The van der Waals surface area contributed by atoms with Crippen LogP contribution in [0.2, 0.25) is 0 Å². The Bertz CT molecular complexity index is 1690. The van der Waals surface area contributed by atoms with Crippen LogP contribution in [-0.4, -0.2) is 42.2 Å². The molecule has 0 atom stereocenters. The average molecular weight is 533 g/mol. The van der Waals surface area contributed by atoms with E-state index < -0.39 is 0 Å². The predicted molar refractivity (Wildman–Crippen MR) is 157 cm³/mol. The van der Waals surface area contributed by atoms with E-state index in [4.69, 9.17) is 16.0 Å². The number of nitriles is 1. The van der Waals surface area contributed by atoms with E-state index in [0.29, 0.717) is 12.4 Å². The van der Waals surface area contributed by atoms with Gasteiger partial charge < -0.3 is 15.2 Å². The summed E-state index contributed by atoms with van der Waals surface area (Å²) in [5.74, 6) is 1.78. The van der Waals surface area contributed by atoms with Gasteiger partial charge in [-0.15, -0.1) is 15.2 Å². The molecular weight excluding hydrogens is 500 g/mol. The zero-order valence-electron chi connectivity index (χ0n) is 23.1. The second-order valence-electron chi connectivity index (χ2n) is 10.0. The fourth-order valence-electron chi connectivity index (χ4n) is 5.13. The molecule has 0 aliphatic heterocycles. The highest BCUT2D eigenvalue weighted by Gasteiger charge is 2.20. The molecule has 0 aliphatic carbocycles. The number of aromatic amines is 1. The Morgan fingerprint density at radius 1 is 1.12 bits per heavy atom. The topological polar surface area (TPSA) is 138 Å². The van der Waals surface area contributed by atoms with E-state index in [2.05, 4.69) is 86.5 Å². The number of fused-ring (bicyclic) bond motifs is 1. The third kappa shape index (κ3) is 5.14. The van der Waals surface area contributed by atoms with Gasteiger partial charge in [-0.1, -0.05) is 55.5 Å². The van der Waals surface area contributed by atoms with E-state index in [1.807, 2.05) is 43.1 Å². The number of aliphatic imine (C=N–C) groups is 1. The van der Waals surface area contributed by atoms with Crippen molar-refractivity contribution in [3.63, 3.8) is 0 Å². The van der Waals surface area contributed by atoms with Crippen molar-refractivity contribution in [2.24, 2.45) is 10.7 Å². The normalized spacial score (nSPS) is 11.8. The lowest BCUT2D eigenvalue weighted by Gasteiger charge is -2.27. The molecule has 3 aromatic carbocycles. The molecule has 0 saturated heterocycles. The van der Waals surface area contributed by atoms with Crippen LogP contribution in [-0.2, 0) is 13.0 Å². The number of hydrogen-bond acceptors (Lipinski definition) is 6. The minimum absolute atomic E-state index is 0.0169.